The Kier molecular flexibility index (Phi) is 5.65. The van der Waals surface area contributed by atoms with E-state index in [4.69, 9.17) is 9.84 Å². The molecule has 0 spiro atoms. The molecule has 0 amide bonds. The van der Waals surface area contributed by atoms with Crippen LogP contribution in [0, 0.1) is 0 Å². The standard InChI is InChI=1S/C11H21NO3/c1-2-15-8-7-12-6-4-3-5-10(12)9-11(13)14/h10H,2-9H2,1H3,(H,13,14). The summed E-state index contributed by atoms with van der Waals surface area (Å²) in [5, 5.41) is 8.80. The number of hydrogen-bond donors (Lipinski definition) is 1. The molecule has 1 saturated heterocycles. The number of likely N-dealkylation sites (tertiary alicyclic amines) is 1. The van der Waals surface area contributed by atoms with Crippen LogP contribution < -0.4 is 0 Å². The van der Waals surface area contributed by atoms with E-state index in [2.05, 4.69) is 4.90 Å². The number of carbonyl (C=O) groups is 1. The van der Waals surface area contributed by atoms with Crippen molar-refractivity contribution in [3.8, 4) is 0 Å². The molecule has 15 heavy (non-hydrogen) atoms. The van der Waals surface area contributed by atoms with Crippen molar-refractivity contribution in [3.05, 3.63) is 0 Å². The van der Waals surface area contributed by atoms with Crippen LogP contribution in [0.3, 0.4) is 0 Å². The van der Waals surface area contributed by atoms with E-state index in [0.717, 1.165) is 32.5 Å². The summed E-state index contributed by atoms with van der Waals surface area (Å²) < 4.78 is 5.30. The lowest BCUT2D eigenvalue weighted by molar-refractivity contribution is -0.138. The van der Waals surface area contributed by atoms with Gasteiger partial charge in [0.05, 0.1) is 13.0 Å². The molecule has 0 bridgehead atoms. The minimum absolute atomic E-state index is 0.219. The highest BCUT2D eigenvalue weighted by molar-refractivity contribution is 5.67. The van der Waals surface area contributed by atoms with Gasteiger partial charge in [0.25, 0.3) is 0 Å². The predicted molar refractivity (Wildman–Crippen MR) is 58.0 cm³/mol. The van der Waals surface area contributed by atoms with Gasteiger partial charge in [-0.05, 0) is 26.3 Å². The number of nitrogens with zero attached hydrogens (tertiary/aromatic N) is 1. The van der Waals surface area contributed by atoms with Crippen LogP contribution in [-0.2, 0) is 9.53 Å². The molecular formula is C11H21NO3. The van der Waals surface area contributed by atoms with Crippen molar-refractivity contribution in [2.75, 3.05) is 26.3 Å². The molecule has 1 aliphatic rings. The molecule has 4 heteroatoms. The van der Waals surface area contributed by atoms with Gasteiger partial charge in [0.15, 0.2) is 0 Å². The van der Waals surface area contributed by atoms with Crippen LogP contribution in [0.25, 0.3) is 0 Å². The van der Waals surface area contributed by atoms with Gasteiger partial charge < -0.3 is 9.84 Å². The number of carboxylic acid groups (broad SMARTS) is 1. The third-order valence-electron chi connectivity index (χ3n) is 2.89. The summed E-state index contributed by atoms with van der Waals surface area (Å²) in [6.45, 7) is 5.31. The molecule has 0 saturated carbocycles. The molecule has 0 aliphatic carbocycles. The molecular weight excluding hydrogens is 194 g/mol. The molecule has 1 aliphatic heterocycles. The van der Waals surface area contributed by atoms with Crippen molar-refractivity contribution in [2.45, 2.75) is 38.6 Å². The number of piperidine rings is 1. The Balaban J connectivity index is 2.32. The van der Waals surface area contributed by atoms with Gasteiger partial charge in [-0.2, -0.15) is 0 Å². The van der Waals surface area contributed by atoms with Gasteiger partial charge in [0, 0.05) is 19.2 Å². The Labute approximate surface area is 91.2 Å². The summed E-state index contributed by atoms with van der Waals surface area (Å²) in [7, 11) is 0. The van der Waals surface area contributed by atoms with Crippen LogP contribution in [0.2, 0.25) is 0 Å². The minimum atomic E-state index is -0.691. The first-order valence-electron chi connectivity index (χ1n) is 5.77. The van der Waals surface area contributed by atoms with Crippen molar-refractivity contribution in [2.24, 2.45) is 0 Å². The Morgan fingerprint density at radius 3 is 3.00 bits per heavy atom. The Morgan fingerprint density at radius 2 is 2.33 bits per heavy atom. The number of hydrogen-bond acceptors (Lipinski definition) is 3. The van der Waals surface area contributed by atoms with Gasteiger partial charge in [0.2, 0.25) is 0 Å². The molecule has 0 aromatic rings. The molecule has 1 unspecified atom stereocenters. The average molecular weight is 215 g/mol. The molecule has 1 N–H and O–H groups in total. The van der Waals surface area contributed by atoms with Gasteiger partial charge in [-0.15, -0.1) is 0 Å². The first kappa shape index (κ1) is 12.5. The SMILES string of the molecule is CCOCCN1CCCCC1CC(=O)O. The van der Waals surface area contributed by atoms with Crippen molar-refractivity contribution in [1.29, 1.82) is 0 Å². The summed E-state index contributed by atoms with van der Waals surface area (Å²) in [6.07, 6.45) is 3.62. The summed E-state index contributed by atoms with van der Waals surface area (Å²) in [5.74, 6) is -0.691. The van der Waals surface area contributed by atoms with Crippen LogP contribution in [0.4, 0.5) is 0 Å². The maximum atomic E-state index is 10.7. The Hall–Kier alpha value is -0.610. The zero-order chi connectivity index (χ0) is 11.1. The fourth-order valence-electron chi connectivity index (χ4n) is 2.11. The predicted octanol–water partition coefficient (Wildman–Crippen LogP) is 1.35. The van der Waals surface area contributed by atoms with Crippen molar-refractivity contribution in [1.82, 2.24) is 4.90 Å². The van der Waals surface area contributed by atoms with Crippen molar-refractivity contribution in [3.63, 3.8) is 0 Å². The largest absolute Gasteiger partial charge is 0.481 e. The third-order valence-corrected chi connectivity index (χ3v) is 2.89. The fraction of sp³-hybridized carbons (Fsp3) is 0.909. The highest BCUT2D eigenvalue weighted by atomic mass is 16.5. The normalized spacial score (nSPS) is 22.9. The Morgan fingerprint density at radius 1 is 1.53 bits per heavy atom. The number of ether oxygens (including phenoxy) is 1. The molecule has 1 heterocycles. The summed E-state index contributed by atoms with van der Waals surface area (Å²) >= 11 is 0. The molecule has 0 aromatic heterocycles. The number of carboxylic acids is 1. The van der Waals surface area contributed by atoms with E-state index in [1.807, 2.05) is 6.92 Å². The quantitative estimate of drug-likeness (QED) is 0.679. The van der Waals surface area contributed by atoms with Crippen LogP contribution in [0.15, 0.2) is 0 Å². The van der Waals surface area contributed by atoms with E-state index in [-0.39, 0.29) is 12.5 Å². The maximum absolute atomic E-state index is 10.7. The van der Waals surface area contributed by atoms with E-state index in [0.29, 0.717) is 6.61 Å². The summed E-state index contributed by atoms with van der Waals surface area (Å²) in [6, 6.07) is 0.219. The van der Waals surface area contributed by atoms with Gasteiger partial charge in [0.1, 0.15) is 0 Å². The van der Waals surface area contributed by atoms with E-state index >= 15 is 0 Å². The van der Waals surface area contributed by atoms with Crippen LogP contribution in [0.5, 0.6) is 0 Å². The zero-order valence-corrected chi connectivity index (χ0v) is 9.45. The lowest BCUT2D eigenvalue weighted by Gasteiger charge is -2.34. The van der Waals surface area contributed by atoms with Crippen molar-refractivity contribution >= 4 is 5.97 Å². The highest BCUT2D eigenvalue weighted by Crippen LogP contribution is 2.19. The lowest BCUT2D eigenvalue weighted by atomic mass is 9.99. The zero-order valence-electron chi connectivity index (χ0n) is 9.45. The monoisotopic (exact) mass is 215 g/mol. The molecule has 1 fully saturated rings. The Bertz CT molecular complexity index is 196. The van der Waals surface area contributed by atoms with Crippen LogP contribution in [0.1, 0.15) is 32.6 Å². The number of rotatable bonds is 6. The number of aliphatic carboxylic acids is 1. The fourth-order valence-corrected chi connectivity index (χ4v) is 2.11. The molecule has 1 rings (SSSR count). The van der Waals surface area contributed by atoms with Crippen LogP contribution >= 0.6 is 0 Å². The molecule has 0 aromatic carbocycles. The first-order valence-corrected chi connectivity index (χ1v) is 5.77. The molecule has 88 valence electrons. The average Bonchev–Trinajstić information content (AvgIpc) is 2.20. The van der Waals surface area contributed by atoms with Gasteiger partial charge >= 0.3 is 5.97 Å². The van der Waals surface area contributed by atoms with Gasteiger partial charge in [-0.25, -0.2) is 0 Å². The second kappa shape index (κ2) is 6.80. The van der Waals surface area contributed by atoms with E-state index in [1.54, 1.807) is 0 Å². The minimum Gasteiger partial charge on any atom is -0.481 e. The third kappa shape index (κ3) is 4.62. The van der Waals surface area contributed by atoms with Crippen molar-refractivity contribution < 1.29 is 14.6 Å². The lowest BCUT2D eigenvalue weighted by Crippen LogP contribution is -2.42. The van der Waals surface area contributed by atoms with Crippen LogP contribution in [-0.4, -0.2) is 48.3 Å². The first-order chi connectivity index (χ1) is 7.24. The maximum Gasteiger partial charge on any atom is 0.304 e. The smallest absolute Gasteiger partial charge is 0.304 e. The topological polar surface area (TPSA) is 49.8 Å². The molecule has 0 radical (unpaired) electrons. The molecule has 1 atom stereocenters. The van der Waals surface area contributed by atoms with E-state index < -0.39 is 5.97 Å². The summed E-state index contributed by atoms with van der Waals surface area (Å²) in [4.78, 5) is 12.9. The van der Waals surface area contributed by atoms with E-state index in [1.165, 1.54) is 6.42 Å². The molecule has 4 nitrogen and oxygen atoms in total. The van der Waals surface area contributed by atoms with E-state index in [9.17, 15) is 4.79 Å². The highest BCUT2D eigenvalue weighted by Gasteiger charge is 2.23. The second-order valence-electron chi connectivity index (χ2n) is 3.98. The van der Waals surface area contributed by atoms with Gasteiger partial charge in [-0.1, -0.05) is 6.42 Å². The summed E-state index contributed by atoms with van der Waals surface area (Å²) in [5.41, 5.74) is 0. The second-order valence-corrected chi connectivity index (χ2v) is 3.98. The van der Waals surface area contributed by atoms with Gasteiger partial charge in [-0.3, -0.25) is 9.69 Å².